The van der Waals surface area contributed by atoms with Gasteiger partial charge in [0.15, 0.2) is 28.9 Å². The van der Waals surface area contributed by atoms with Crippen LogP contribution in [0.5, 0.6) is 11.5 Å². The second-order valence-electron chi connectivity index (χ2n) is 8.89. The molecule has 1 aromatic carbocycles. The molecule has 5 atom stereocenters. The Hall–Kier alpha value is -3.69. The van der Waals surface area contributed by atoms with Gasteiger partial charge in [0.05, 0.1) is 12.9 Å². The zero-order valence-corrected chi connectivity index (χ0v) is 22.0. The fraction of sp³-hybridized carbons (Fsp3) is 0.400. The van der Waals surface area contributed by atoms with Crippen molar-refractivity contribution in [3.8, 4) is 11.5 Å². The van der Waals surface area contributed by atoms with Crippen LogP contribution in [-0.2, 0) is 25.0 Å². The average Bonchev–Trinajstić information content (AvgIpc) is 3.40. The van der Waals surface area contributed by atoms with Crippen LogP contribution in [0.3, 0.4) is 0 Å². The number of phosphoric ester groups is 1. The highest BCUT2D eigenvalue weighted by molar-refractivity contribution is 7.46. The first-order valence-electron chi connectivity index (χ1n) is 11.2. The number of hydrazine groups is 1. The van der Waals surface area contributed by atoms with E-state index in [0.29, 0.717) is 5.56 Å². The molecule has 0 saturated carbocycles. The molecule has 0 amide bonds. The maximum atomic E-state index is 11.7. The maximum absolute atomic E-state index is 11.7. The Balaban J connectivity index is 0.000000304. The van der Waals surface area contributed by atoms with Gasteiger partial charge in [-0.15, -0.1) is 0 Å². The predicted molar refractivity (Wildman–Crippen MR) is 137 cm³/mol. The van der Waals surface area contributed by atoms with Gasteiger partial charge in [0.2, 0.25) is 5.95 Å². The summed E-state index contributed by atoms with van der Waals surface area (Å²) in [6.45, 7) is 0.779. The number of rotatable bonds is 8. The summed E-state index contributed by atoms with van der Waals surface area (Å²) in [5.41, 5.74) is 6.30. The van der Waals surface area contributed by atoms with Crippen molar-refractivity contribution < 1.29 is 59.4 Å². The van der Waals surface area contributed by atoms with E-state index in [1.807, 2.05) is 0 Å². The van der Waals surface area contributed by atoms with E-state index in [4.69, 9.17) is 36.3 Å². The number of phosphoric acid groups is 1. The van der Waals surface area contributed by atoms with Gasteiger partial charge in [-0.1, -0.05) is 6.07 Å². The molecule has 0 radical (unpaired) electrons. The SMILES string of the molecule is C[C@@](Cc1ccc(O)c(O)c1)(NN)C(=O)O.Nc1nc2c(ncn2[C@@H]2O[C@H](COP(=O)(O)O)[C@@H](O)[C@H]2O)c(=O)[nH]1.O. The van der Waals surface area contributed by atoms with Gasteiger partial charge in [-0.05, 0) is 24.6 Å². The molecule has 20 nitrogen and oxygen atoms in total. The number of nitrogens with zero attached hydrogens (tertiary/aromatic N) is 3. The van der Waals surface area contributed by atoms with Crippen LogP contribution in [0.15, 0.2) is 29.3 Å². The second-order valence-corrected chi connectivity index (χ2v) is 10.1. The first-order chi connectivity index (χ1) is 18.6. The number of aromatic nitrogens is 4. The summed E-state index contributed by atoms with van der Waals surface area (Å²) in [6.07, 6.45) is -4.13. The molecule has 1 saturated heterocycles. The van der Waals surface area contributed by atoms with E-state index in [9.17, 15) is 29.5 Å². The Morgan fingerprint density at radius 3 is 2.49 bits per heavy atom. The molecule has 0 bridgehead atoms. The largest absolute Gasteiger partial charge is 0.504 e. The molecule has 0 spiro atoms. The minimum absolute atomic E-state index is 0. The number of aliphatic hydroxyl groups excluding tert-OH is 2. The summed E-state index contributed by atoms with van der Waals surface area (Å²) in [5, 5.41) is 47.4. The number of anilines is 1. The number of phenolic OH excluding ortho intramolecular Hbond substituents is 2. The molecule has 228 valence electrons. The van der Waals surface area contributed by atoms with Crippen LogP contribution in [-0.4, -0.2) is 96.7 Å². The number of H-pyrrole nitrogens is 1. The Morgan fingerprint density at radius 1 is 1.27 bits per heavy atom. The van der Waals surface area contributed by atoms with E-state index in [2.05, 4.69) is 24.9 Å². The van der Waals surface area contributed by atoms with E-state index >= 15 is 0 Å². The van der Waals surface area contributed by atoms with Gasteiger partial charge in [0.25, 0.3) is 5.56 Å². The minimum Gasteiger partial charge on any atom is -0.504 e. The van der Waals surface area contributed by atoms with Crippen molar-refractivity contribution in [1.82, 2.24) is 24.9 Å². The molecule has 1 aliphatic rings. The van der Waals surface area contributed by atoms with Crippen molar-refractivity contribution in [2.24, 2.45) is 5.84 Å². The average molecular weight is 607 g/mol. The monoisotopic (exact) mass is 607 g/mol. The van der Waals surface area contributed by atoms with Crippen LogP contribution < -0.4 is 22.6 Å². The lowest BCUT2D eigenvalue weighted by Gasteiger charge is -2.23. The van der Waals surface area contributed by atoms with Gasteiger partial charge in [0, 0.05) is 6.42 Å². The van der Waals surface area contributed by atoms with Crippen molar-refractivity contribution in [1.29, 1.82) is 0 Å². The summed E-state index contributed by atoms with van der Waals surface area (Å²) in [7, 11) is -4.76. The number of carboxylic acid groups (broad SMARTS) is 1. The number of nitrogen functional groups attached to an aromatic ring is 1. The van der Waals surface area contributed by atoms with E-state index < -0.39 is 56.0 Å². The zero-order valence-electron chi connectivity index (χ0n) is 21.1. The lowest BCUT2D eigenvalue weighted by molar-refractivity contribution is -0.144. The molecule has 21 heteroatoms. The molecule has 1 fully saturated rings. The third-order valence-electron chi connectivity index (χ3n) is 5.86. The van der Waals surface area contributed by atoms with Crippen LogP contribution >= 0.6 is 7.82 Å². The topological polar surface area (TPSA) is 353 Å². The van der Waals surface area contributed by atoms with E-state index in [-0.39, 0.29) is 40.5 Å². The fourth-order valence-electron chi connectivity index (χ4n) is 3.67. The Bertz CT molecular complexity index is 1480. The molecular weight excluding hydrogens is 577 g/mol. The van der Waals surface area contributed by atoms with Crippen LogP contribution in [0.4, 0.5) is 5.95 Å². The third-order valence-corrected chi connectivity index (χ3v) is 6.34. The molecular formula is C20H30N7O13P. The smallest absolute Gasteiger partial charge is 0.469 e. The van der Waals surface area contributed by atoms with Gasteiger partial charge in [0.1, 0.15) is 23.9 Å². The Kier molecular flexibility index (Phi) is 10.5. The second kappa shape index (κ2) is 12.9. The number of carboxylic acids is 1. The molecule has 4 rings (SSSR count). The summed E-state index contributed by atoms with van der Waals surface area (Å²) in [4.78, 5) is 50.1. The molecule has 3 heterocycles. The quantitative estimate of drug-likeness (QED) is 0.0513. The molecule has 3 aromatic rings. The first-order valence-corrected chi connectivity index (χ1v) is 12.8. The standard InChI is InChI=1S/C10H14N5O8P.C10H14N2O4.H2O/c11-10-13-7-4(8(18)14-10)12-2-15(7)9-6(17)5(16)3(23-9)1-22-24(19,20)21;1-10(12-11,9(15)16)5-6-2-3-7(13)8(14)4-6;/h2-3,5-6,9,16-17H,1H2,(H2,19,20,21)(H3,11,13,14,18);2-4,12-14H,5,11H2,1H3,(H,15,16);1H2/t3-,5-,6-,9-;10-;/m10./s1. The predicted octanol–water partition coefficient (Wildman–Crippen LogP) is -3.45. The van der Waals surface area contributed by atoms with Gasteiger partial charge in [-0.25, -0.2) is 15.0 Å². The lowest BCUT2D eigenvalue weighted by atomic mass is 9.93. The van der Waals surface area contributed by atoms with Crippen LogP contribution in [0.1, 0.15) is 18.7 Å². The maximum Gasteiger partial charge on any atom is 0.469 e. The number of aromatic hydroxyl groups is 2. The highest BCUT2D eigenvalue weighted by atomic mass is 31.2. The van der Waals surface area contributed by atoms with Crippen LogP contribution in [0.25, 0.3) is 11.2 Å². The number of hydrogen-bond donors (Lipinski definition) is 11. The van der Waals surface area contributed by atoms with Crippen molar-refractivity contribution in [3.63, 3.8) is 0 Å². The normalized spacial score (nSPS) is 21.9. The van der Waals surface area contributed by atoms with E-state index in [0.717, 1.165) is 0 Å². The van der Waals surface area contributed by atoms with Crippen LogP contribution in [0, 0.1) is 0 Å². The number of benzene rings is 1. The van der Waals surface area contributed by atoms with Gasteiger partial charge in [-0.3, -0.25) is 29.5 Å². The molecule has 1 aliphatic heterocycles. The summed E-state index contributed by atoms with van der Waals surface area (Å²) in [5.74, 6) is 3.37. The van der Waals surface area contributed by atoms with Gasteiger partial charge >= 0.3 is 13.8 Å². The highest BCUT2D eigenvalue weighted by Crippen LogP contribution is 2.38. The number of carbonyl (C=O) groups is 1. The Labute approximate surface area is 229 Å². The van der Waals surface area contributed by atoms with Gasteiger partial charge in [-0.2, -0.15) is 4.98 Å². The number of aliphatic hydroxyl groups is 2. The summed E-state index contributed by atoms with van der Waals surface area (Å²) >= 11 is 0. The van der Waals surface area contributed by atoms with Crippen molar-refractivity contribution >= 4 is 30.9 Å². The number of nitrogens with one attached hydrogen (secondary N) is 2. The summed E-state index contributed by atoms with van der Waals surface area (Å²) in [6, 6.07) is 4.12. The zero-order chi connectivity index (χ0) is 30.0. The van der Waals surface area contributed by atoms with Crippen molar-refractivity contribution in [3.05, 3.63) is 40.4 Å². The van der Waals surface area contributed by atoms with Crippen molar-refractivity contribution in [2.45, 2.75) is 43.4 Å². The molecule has 0 aliphatic carbocycles. The van der Waals surface area contributed by atoms with E-state index in [1.165, 1.54) is 36.0 Å². The number of hydrogen-bond acceptors (Lipinski definition) is 14. The number of imidazole rings is 1. The highest BCUT2D eigenvalue weighted by Gasteiger charge is 2.45. The summed E-state index contributed by atoms with van der Waals surface area (Å²) < 4.78 is 21.6. The number of aromatic amines is 1. The number of fused-ring (bicyclic) bond motifs is 1. The molecule has 15 N–H and O–H groups in total. The molecule has 41 heavy (non-hydrogen) atoms. The molecule has 2 aromatic heterocycles. The van der Waals surface area contributed by atoms with E-state index in [1.54, 1.807) is 0 Å². The minimum atomic E-state index is -4.76. The Morgan fingerprint density at radius 2 is 1.93 bits per heavy atom. The number of aliphatic carboxylic acids is 1. The third kappa shape index (κ3) is 7.74. The van der Waals surface area contributed by atoms with Crippen LogP contribution in [0.2, 0.25) is 0 Å². The van der Waals surface area contributed by atoms with Gasteiger partial charge < -0.3 is 51.3 Å². The number of phenols is 2. The van der Waals surface area contributed by atoms with Crippen molar-refractivity contribution in [2.75, 3.05) is 12.3 Å². The fourth-order valence-corrected chi connectivity index (χ4v) is 4.01. The first kappa shape index (κ1) is 33.5. The number of ether oxygens (including phenoxy) is 1. The lowest BCUT2D eigenvalue weighted by Crippen LogP contribution is -2.54. The number of nitrogens with two attached hydrogens (primary N) is 2. The molecule has 0 unspecified atom stereocenters.